The molecule has 1 unspecified atom stereocenters. The van der Waals surface area contributed by atoms with Crippen LogP contribution in [0, 0.1) is 5.82 Å². The van der Waals surface area contributed by atoms with E-state index in [1.165, 1.54) is 18.2 Å². The maximum absolute atomic E-state index is 13.1. The predicted molar refractivity (Wildman–Crippen MR) is 92.1 cm³/mol. The Balaban J connectivity index is 1.78. The molecule has 0 saturated heterocycles. The Hall–Kier alpha value is -1.93. The summed E-state index contributed by atoms with van der Waals surface area (Å²) >= 11 is 3.18. The Morgan fingerprint density at radius 1 is 1.21 bits per heavy atom. The van der Waals surface area contributed by atoms with Gasteiger partial charge in [0.05, 0.1) is 22.4 Å². The Labute approximate surface area is 147 Å². The summed E-state index contributed by atoms with van der Waals surface area (Å²) in [5, 5.41) is 5.40. The zero-order chi connectivity index (χ0) is 17.3. The number of sulfone groups is 1. The highest BCUT2D eigenvalue weighted by atomic mass is 79.9. The van der Waals surface area contributed by atoms with Crippen LogP contribution in [0.25, 0.3) is 0 Å². The topological polar surface area (TPSA) is 75.3 Å². The second-order valence-electron chi connectivity index (χ2n) is 5.42. The Morgan fingerprint density at radius 2 is 1.96 bits per heavy atom. The SMILES string of the molecule is O=C(Nc1ccc(F)cc1Br)NC1CCS(=O)(=O)c2ccccc21. The van der Waals surface area contributed by atoms with Crippen molar-refractivity contribution < 1.29 is 17.6 Å². The number of nitrogens with one attached hydrogen (secondary N) is 2. The molecular formula is C16H14BrFN2O3S. The van der Waals surface area contributed by atoms with Crippen molar-refractivity contribution in [2.45, 2.75) is 17.4 Å². The van der Waals surface area contributed by atoms with Crippen LogP contribution in [0.1, 0.15) is 18.0 Å². The Morgan fingerprint density at radius 3 is 2.71 bits per heavy atom. The number of amides is 2. The van der Waals surface area contributed by atoms with Gasteiger partial charge in [0, 0.05) is 4.47 Å². The van der Waals surface area contributed by atoms with Crippen molar-refractivity contribution in [3.05, 3.63) is 58.3 Å². The van der Waals surface area contributed by atoms with Crippen molar-refractivity contribution in [2.24, 2.45) is 0 Å². The van der Waals surface area contributed by atoms with Crippen LogP contribution >= 0.6 is 15.9 Å². The number of benzene rings is 2. The van der Waals surface area contributed by atoms with E-state index in [0.29, 0.717) is 22.1 Å². The van der Waals surface area contributed by atoms with E-state index in [9.17, 15) is 17.6 Å². The summed E-state index contributed by atoms with van der Waals surface area (Å²) in [5.41, 5.74) is 1.00. The predicted octanol–water partition coefficient (Wildman–Crippen LogP) is 3.63. The lowest BCUT2D eigenvalue weighted by Gasteiger charge is -2.26. The van der Waals surface area contributed by atoms with Crippen molar-refractivity contribution in [3.8, 4) is 0 Å². The summed E-state index contributed by atoms with van der Waals surface area (Å²) in [5.74, 6) is -0.436. The number of carbonyl (C=O) groups is 1. The maximum Gasteiger partial charge on any atom is 0.319 e. The van der Waals surface area contributed by atoms with Crippen LogP contribution in [-0.4, -0.2) is 20.2 Å². The Bertz CT molecular complexity index is 902. The standard InChI is InChI=1S/C16H14BrFN2O3S/c17-12-9-10(18)5-6-14(12)20-16(21)19-13-7-8-24(22,23)15-4-2-1-3-11(13)15/h1-6,9,13H,7-8H2,(H2,19,20,21). The fraction of sp³-hybridized carbons (Fsp3) is 0.188. The lowest BCUT2D eigenvalue weighted by atomic mass is 10.0. The number of halogens is 2. The molecule has 2 amide bonds. The van der Waals surface area contributed by atoms with Gasteiger partial charge in [0.2, 0.25) is 0 Å². The van der Waals surface area contributed by atoms with Crippen LogP contribution in [0.5, 0.6) is 0 Å². The molecule has 2 N–H and O–H groups in total. The molecule has 8 heteroatoms. The van der Waals surface area contributed by atoms with E-state index in [1.54, 1.807) is 24.3 Å². The first kappa shape index (κ1) is 16.9. The second-order valence-corrected chi connectivity index (χ2v) is 8.35. The number of urea groups is 1. The number of rotatable bonds is 2. The van der Waals surface area contributed by atoms with Crippen LogP contribution in [0.4, 0.5) is 14.9 Å². The van der Waals surface area contributed by atoms with E-state index in [2.05, 4.69) is 26.6 Å². The highest BCUT2D eigenvalue weighted by molar-refractivity contribution is 9.10. The van der Waals surface area contributed by atoms with Crippen molar-refractivity contribution in [2.75, 3.05) is 11.1 Å². The van der Waals surface area contributed by atoms with Crippen molar-refractivity contribution in [3.63, 3.8) is 0 Å². The smallest absolute Gasteiger partial charge is 0.319 e. The molecule has 24 heavy (non-hydrogen) atoms. The van der Waals surface area contributed by atoms with Gasteiger partial charge in [0.25, 0.3) is 0 Å². The van der Waals surface area contributed by atoms with Crippen LogP contribution in [0.15, 0.2) is 51.8 Å². The molecule has 1 aliphatic heterocycles. The van der Waals surface area contributed by atoms with E-state index < -0.39 is 27.7 Å². The molecule has 3 rings (SSSR count). The summed E-state index contributed by atoms with van der Waals surface area (Å²) in [7, 11) is -3.30. The van der Waals surface area contributed by atoms with Gasteiger partial charge in [-0.3, -0.25) is 0 Å². The quantitative estimate of drug-likeness (QED) is 0.790. The van der Waals surface area contributed by atoms with Gasteiger partial charge in [-0.25, -0.2) is 17.6 Å². The lowest BCUT2D eigenvalue weighted by molar-refractivity contribution is 0.248. The molecule has 0 aromatic heterocycles. The molecule has 5 nitrogen and oxygen atoms in total. The van der Waals surface area contributed by atoms with Crippen LogP contribution in [0.3, 0.4) is 0 Å². The summed E-state index contributed by atoms with van der Waals surface area (Å²) < 4.78 is 37.7. The molecular weight excluding hydrogens is 399 g/mol. The van der Waals surface area contributed by atoms with E-state index in [1.807, 2.05) is 0 Å². The monoisotopic (exact) mass is 412 g/mol. The number of carbonyl (C=O) groups excluding carboxylic acids is 1. The first-order chi connectivity index (χ1) is 11.4. The van der Waals surface area contributed by atoms with Gasteiger partial charge < -0.3 is 10.6 Å². The van der Waals surface area contributed by atoms with Crippen LogP contribution in [-0.2, 0) is 9.84 Å². The number of fused-ring (bicyclic) bond motifs is 1. The maximum atomic E-state index is 13.1. The Kier molecular flexibility index (Phi) is 4.60. The number of anilines is 1. The average Bonchev–Trinajstić information content (AvgIpc) is 2.53. The molecule has 0 saturated carbocycles. The first-order valence-corrected chi connectivity index (χ1v) is 9.65. The lowest BCUT2D eigenvalue weighted by Crippen LogP contribution is -2.36. The zero-order valence-electron chi connectivity index (χ0n) is 12.4. The summed E-state index contributed by atoms with van der Waals surface area (Å²) in [4.78, 5) is 12.5. The summed E-state index contributed by atoms with van der Waals surface area (Å²) in [6, 6.07) is 9.69. The first-order valence-electron chi connectivity index (χ1n) is 7.21. The van der Waals surface area contributed by atoms with Gasteiger partial charge in [0.15, 0.2) is 9.84 Å². The summed E-state index contributed by atoms with van der Waals surface area (Å²) in [6.45, 7) is 0. The second kappa shape index (κ2) is 6.52. The third kappa shape index (κ3) is 3.44. The van der Waals surface area contributed by atoms with E-state index in [-0.39, 0.29) is 10.6 Å². The average molecular weight is 413 g/mol. The highest BCUT2D eigenvalue weighted by Crippen LogP contribution is 2.32. The molecule has 2 aromatic rings. The molecule has 1 aliphatic rings. The van der Waals surface area contributed by atoms with E-state index in [0.717, 1.165) is 0 Å². The van der Waals surface area contributed by atoms with Crippen LogP contribution in [0.2, 0.25) is 0 Å². The fourth-order valence-electron chi connectivity index (χ4n) is 2.65. The molecule has 0 spiro atoms. The molecule has 0 fully saturated rings. The van der Waals surface area contributed by atoms with Gasteiger partial charge in [-0.2, -0.15) is 0 Å². The molecule has 0 aliphatic carbocycles. The van der Waals surface area contributed by atoms with Crippen molar-refractivity contribution in [1.29, 1.82) is 0 Å². The minimum Gasteiger partial charge on any atom is -0.331 e. The third-order valence-corrected chi connectivity index (χ3v) is 6.26. The van der Waals surface area contributed by atoms with Gasteiger partial charge in [-0.05, 0) is 52.2 Å². The van der Waals surface area contributed by atoms with E-state index >= 15 is 0 Å². The third-order valence-electron chi connectivity index (χ3n) is 3.79. The van der Waals surface area contributed by atoms with Gasteiger partial charge in [-0.15, -0.1) is 0 Å². The molecule has 0 bridgehead atoms. The normalized spacial score (nSPS) is 18.5. The van der Waals surface area contributed by atoms with Crippen LogP contribution < -0.4 is 10.6 Å². The molecule has 2 aromatic carbocycles. The number of hydrogen-bond acceptors (Lipinski definition) is 3. The summed E-state index contributed by atoms with van der Waals surface area (Å²) in [6.07, 6.45) is 0.303. The highest BCUT2D eigenvalue weighted by Gasteiger charge is 2.30. The van der Waals surface area contributed by atoms with Crippen molar-refractivity contribution in [1.82, 2.24) is 5.32 Å². The minimum atomic E-state index is -3.30. The number of hydrogen-bond donors (Lipinski definition) is 2. The van der Waals surface area contributed by atoms with Gasteiger partial charge in [0.1, 0.15) is 5.82 Å². The van der Waals surface area contributed by atoms with E-state index in [4.69, 9.17) is 0 Å². The largest absolute Gasteiger partial charge is 0.331 e. The molecule has 126 valence electrons. The molecule has 1 atom stereocenters. The molecule has 1 heterocycles. The van der Waals surface area contributed by atoms with Crippen molar-refractivity contribution >= 4 is 37.5 Å². The van der Waals surface area contributed by atoms with Gasteiger partial charge in [-0.1, -0.05) is 18.2 Å². The minimum absolute atomic E-state index is 0.0186. The fourth-order valence-corrected chi connectivity index (χ4v) is 4.72. The van der Waals surface area contributed by atoms with Gasteiger partial charge >= 0.3 is 6.03 Å². The molecule has 0 radical (unpaired) electrons. The zero-order valence-corrected chi connectivity index (χ0v) is 14.8.